The molecule has 6 heteroatoms. The van der Waals surface area contributed by atoms with E-state index in [9.17, 15) is 14.4 Å². The summed E-state index contributed by atoms with van der Waals surface area (Å²) in [6.07, 6.45) is 1.83. The lowest BCUT2D eigenvalue weighted by Crippen LogP contribution is -2.47. The first-order valence-corrected chi connectivity index (χ1v) is 5.77. The maximum absolute atomic E-state index is 11.5. The summed E-state index contributed by atoms with van der Waals surface area (Å²) < 4.78 is 4.72. The molecule has 0 spiro atoms. The predicted molar refractivity (Wildman–Crippen MR) is 57.9 cm³/mol. The van der Waals surface area contributed by atoms with Crippen LogP contribution in [-0.4, -0.2) is 48.9 Å². The maximum Gasteiger partial charge on any atom is 0.309 e. The number of rotatable bonds is 2. The molecular formula is C11H16N2O4. The van der Waals surface area contributed by atoms with Gasteiger partial charge in [-0.1, -0.05) is 0 Å². The van der Waals surface area contributed by atoms with Gasteiger partial charge in [-0.3, -0.25) is 24.6 Å². The molecule has 0 radical (unpaired) electrons. The molecule has 17 heavy (non-hydrogen) atoms. The van der Waals surface area contributed by atoms with Crippen molar-refractivity contribution in [2.45, 2.75) is 25.3 Å². The van der Waals surface area contributed by atoms with Gasteiger partial charge in [0.25, 0.3) is 0 Å². The number of carbonyl (C=O) groups is 3. The molecule has 0 aromatic rings. The van der Waals surface area contributed by atoms with E-state index in [0.717, 1.165) is 19.4 Å². The van der Waals surface area contributed by atoms with Crippen LogP contribution in [0.2, 0.25) is 0 Å². The number of hydrogen-bond donors (Lipinski definition) is 1. The highest BCUT2D eigenvalue weighted by atomic mass is 16.5. The number of carbonyl (C=O) groups excluding carboxylic acids is 3. The molecule has 0 saturated carbocycles. The molecule has 2 aliphatic heterocycles. The van der Waals surface area contributed by atoms with Gasteiger partial charge in [0.15, 0.2) is 0 Å². The SMILES string of the molecule is COC(=O)[C@H]1CCCN(C2CC(=O)NC2=O)C1. The summed E-state index contributed by atoms with van der Waals surface area (Å²) in [6, 6.07) is -0.407. The lowest BCUT2D eigenvalue weighted by Gasteiger charge is -2.33. The number of nitrogens with zero attached hydrogens (tertiary/aromatic N) is 1. The van der Waals surface area contributed by atoms with Gasteiger partial charge in [0.1, 0.15) is 0 Å². The molecule has 1 unspecified atom stereocenters. The molecule has 2 saturated heterocycles. The highest BCUT2D eigenvalue weighted by Crippen LogP contribution is 2.22. The highest BCUT2D eigenvalue weighted by molar-refractivity contribution is 6.05. The molecule has 1 N–H and O–H groups in total. The van der Waals surface area contributed by atoms with Gasteiger partial charge in [-0.25, -0.2) is 0 Å². The molecule has 0 aliphatic carbocycles. The van der Waals surface area contributed by atoms with Gasteiger partial charge in [-0.15, -0.1) is 0 Å². The summed E-state index contributed by atoms with van der Waals surface area (Å²) in [5, 5.41) is 2.29. The Labute approximate surface area is 99.3 Å². The molecule has 0 aromatic heterocycles. The van der Waals surface area contributed by atoms with E-state index in [4.69, 9.17) is 4.74 Å². The molecule has 0 bridgehead atoms. The molecule has 2 amide bonds. The van der Waals surface area contributed by atoms with Gasteiger partial charge < -0.3 is 4.74 Å². The van der Waals surface area contributed by atoms with Crippen molar-refractivity contribution in [1.82, 2.24) is 10.2 Å². The van der Waals surface area contributed by atoms with E-state index >= 15 is 0 Å². The van der Waals surface area contributed by atoms with Crippen molar-refractivity contribution in [3.63, 3.8) is 0 Å². The number of hydrogen-bond acceptors (Lipinski definition) is 5. The monoisotopic (exact) mass is 240 g/mol. The van der Waals surface area contributed by atoms with Gasteiger partial charge in [0, 0.05) is 6.54 Å². The van der Waals surface area contributed by atoms with Gasteiger partial charge in [-0.05, 0) is 19.4 Å². The summed E-state index contributed by atoms with van der Waals surface area (Å²) >= 11 is 0. The highest BCUT2D eigenvalue weighted by Gasteiger charge is 2.38. The third kappa shape index (κ3) is 2.46. The first kappa shape index (κ1) is 12.0. The van der Waals surface area contributed by atoms with Gasteiger partial charge in [0.05, 0.1) is 25.5 Å². The second-order valence-corrected chi connectivity index (χ2v) is 4.49. The van der Waals surface area contributed by atoms with E-state index in [1.54, 1.807) is 0 Å². The quantitative estimate of drug-likeness (QED) is 0.509. The number of esters is 1. The maximum atomic E-state index is 11.5. The number of amides is 2. The summed E-state index contributed by atoms with van der Waals surface area (Å²) in [5.74, 6) is -0.905. The van der Waals surface area contributed by atoms with Crippen LogP contribution in [0.4, 0.5) is 0 Å². The van der Waals surface area contributed by atoms with Crippen molar-refractivity contribution in [2.75, 3.05) is 20.2 Å². The Morgan fingerprint density at radius 3 is 2.82 bits per heavy atom. The molecule has 2 atom stereocenters. The van der Waals surface area contributed by atoms with E-state index in [1.807, 2.05) is 4.90 Å². The first-order chi connectivity index (χ1) is 8.11. The fourth-order valence-electron chi connectivity index (χ4n) is 2.48. The van der Waals surface area contributed by atoms with Crippen LogP contribution in [0.15, 0.2) is 0 Å². The fraction of sp³-hybridized carbons (Fsp3) is 0.727. The summed E-state index contributed by atoms with van der Waals surface area (Å²) in [5.41, 5.74) is 0. The molecule has 0 aromatic carbocycles. The average Bonchev–Trinajstić information content (AvgIpc) is 2.67. The zero-order valence-electron chi connectivity index (χ0n) is 9.77. The van der Waals surface area contributed by atoms with Crippen LogP contribution < -0.4 is 5.32 Å². The second kappa shape index (κ2) is 4.83. The molecule has 2 aliphatic rings. The predicted octanol–water partition coefficient (Wildman–Crippen LogP) is -0.713. The van der Waals surface area contributed by atoms with Crippen LogP contribution in [0, 0.1) is 5.92 Å². The second-order valence-electron chi connectivity index (χ2n) is 4.49. The van der Waals surface area contributed by atoms with Crippen molar-refractivity contribution in [1.29, 1.82) is 0 Å². The van der Waals surface area contributed by atoms with E-state index < -0.39 is 6.04 Å². The molecule has 2 rings (SSSR count). The van der Waals surface area contributed by atoms with Crippen molar-refractivity contribution in [3.05, 3.63) is 0 Å². The van der Waals surface area contributed by atoms with Gasteiger partial charge in [0.2, 0.25) is 11.8 Å². The van der Waals surface area contributed by atoms with E-state index in [0.29, 0.717) is 6.54 Å². The van der Waals surface area contributed by atoms with E-state index in [1.165, 1.54) is 7.11 Å². The van der Waals surface area contributed by atoms with Crippen LogP contribution in [0.3, 0.4) is 0 Å². The fourth-order valence-corrected chi connectivity index (χ4v) is 2.48. The lowest BCUT2D eigenvalue weighted by molar-refractivity contribution is -0.148. The van der Waals surface area contributed by atoms with Crippen LogP contribution in [0.25, 0.3) is 0 Å². The minimum atomic E-state index is -0.407. The Kier molecular flexibility index (Phi) is 3.42. The van der Waals surface area contributed by atoms with Crippen molar-refractivity contribution in [3.8, 4) is 0 Å². The van der Waals surface area contributed by atoms with E-state index in [2.05, 4.69) is 5.32 Å². The normalized spacial score (nSPS) is 30.2. The number of ether oxygens (including phenoxy) is 1. The molecule has 2 heterocycles. The number of piperidine rings is 1. The average molecular weight is 240 g/mol. The Bertz CT molecular complexity index is 355. The van der Waals surface area contributed by atoms with Crippen molar-refractivity contribution >= 4 is 17.8 Å². The Balaban J connectivity index is 2.00. The van der Waals surface area contributed by atoms with Crippen LogP contribution in [0.1, 0.15) is 19.3 Å². The smallest absolute Gasteiger partial charge is 0.309 e. The summed E-state index contributed by atoms with van der Waals surface area (Å²) in [7, 11) is 1.37. The molecular weight excluding hydrogens is 224 g/mol. The van der Waals surface area contributed by atoms with Crippen molar-refractivity contribution in [2.24, 2.45) is 5.92 Å². The first-order valence-electron chi connectivity index (χ1n) is 5.77. The van der Waals surface area contributed by atoms with Gasteiger partial charge >= 0.3 is 5.97 Å². The third-order valence-electron chi connectivity index (χ3n) is 3.37. The largest absolute Gasteiger partial charge is 0.469 e. The Morgan fingerprint density at radius 2 is 2.24 bits per heavy atom. The summed E-state index contributed by atoms with van der Waals surface area (Å²) in [6.45, 7) is 1.25. The van der Waals surface area contributed by atoms with Gasteiger partial charge in [-0.2, -0.15) is 0 Å². The lowest BCUT2D eigenvalue weighted by atomic mass is 9.96. The Hall–Kier alpha value is -1.43. The number of nitrogens with one attached hydrogen (secondary N) is 1. The zero-order chi connectivity index (χ0) is 12.4. The molecule has 6 nitrogen and oxygen atoms in total. The number of likely N-dealkylation sites (tertiary alicyclic amines) is 1. The topological polar surface area (TPSA) is 75.7 Å². The summed E-state index contributed by atoms with van der Waals surface area (Å²) in [4.78, 5) is 36.0. The number of imide groups is 1. The molecule has 2 fully saturated rings. The number of methoxy groups -OCH3 is 1. The van der Waals surface area contributed by atoms with Crippen LogP contribution in [-0.2, 0) is 19.1 Å². The standard InChI is InChI=1S/C11H16N2O4/c1-17-11(16)7-3-2-4-13(6-7)8-5-9(14)12-10(8)15/h7-8H,2-6H2,1H3,(H,12,14,15)/t7-,8?/m0/s1. The minimum Gasteiger partial charge on any atom is -0.469 e. The zero-order valence-corrected chi connectivity index (χ0v) is 9.77. The minimum absolute atomic E-state index is 0.183. The Morgan fingerprint density at radius 1 is 1.47 bits per heavy atom. The van der Waals surface area contributed by atoms with Crippen LogP contribution in [0.5, 0.6) is 0 Å². The third-order valence-corrected chi connectivity index (χ3v) is 3.37. The van der Waals surface area contributed by atoms with Crippen molar-refractivity contribution < 1.29 is 19.1 Å². The van der Waals surface area contributed by atoms with E-state index in [-0.39, 0.29) is 30.1 Å². The molecule has 94 valence electrons. The van der Waals surface area contributed by atoms with Crippen LogP contribution >= 0.6 is 0 Å².